The van der Waals surface area contributed by atoms with Crippen LogP contribution in [0.2, 0.25) is 0 Å². The molecule has 0 aliphatic rings. The van der Waals surface area contributed by atoms with Crippen LogP contribution in [0.25, 0.3) is 10.8 Å². The Kier molecular flexibility index (Phi) is 3.62. The van der Waals surface area contributed by atoms with E-state index in [1.54, 1.807) is 6.20 Å². The Morgan fingerprint density at radius 2 is 1.86 bits per heavy atom. The van der Waals surface area contributed by atoms with Gasteiger partial charge in [0.15, 0.2) is 0 Å². The predicted octanol–water partition coefficient (Wildman–Crippen LogP) is 3.76. The highest BCUT2D eigenvalue weighted by Crippen LogP contribution is 2.24. The van der Waals surface area contributed by atoms with E-state index in [2.05, 4.69) is 4.98 Å². The molecule has 1 heterocycles. The first-order chi connectivity index (χ1) is 10.1. The van der Waals surface area contributed by atoms with Crippen LogP contribution in [-0.4, -0.2) is 4.98 Å². The molecule has 0 aliphatic carbocycles. The Balaban J connectivity index is 1.95. The molecule has 0 saturated carbocycles. The molecule has 0 spiro atoms. The van der Waals surface area contributed by atoms with Gasteiger partial charge in [-0.15, -0.1) is 0 Å². The van der Waals surface area contributed by atoms with Gasteiger partial charge in [-0.25, -0.2) is 8.78 Å². The summed E-state index contributed by atoms with van der Waals surface area (Å²) >= 11 is 0. The fourth-order valence-corrected chi connectivity index (χ4v) is 2.46. The van der Waals surface area contributed by atoms with Crippen LogP contribution >= 0.6 is 0 Å². The van der Waals surface area contributed by atoms with E-state index >= 15 is 0 Å². The van der Waals surface area contributed by atoms with E-state index in [9.17, 15) is 8.78 Å². The molecule has 0 fully saturated rings. The first-order valence-corrected chi connectivity index (χ1v) is 6.68. The van der Waals surface area contributed by atoms with Gasteiger partial charge in [0, 0.05) is 17.6 Å². The lowest BCUT2D eigenvalue weighted by Gasteiger charge is -2.14. The topological polar surface area (TPSA) is 38.9 Å². The second-order valence-corrected chi connectivity index (χ2v) is 4.96. The Morgan fingerprint density at radius 3 is 2.67 bits per heavy atom. The third-order valence-electron chi connectivity index (χ3n) is 3.51. The number of halogens is 2. The van der Waals surface area contributed by atoms with Gasteiger partial charge in [0.1, 0.15) is 11.6 Å². The third-order valence-corrected chi connectivity index (χ3v) is 3.51. The molecule has 2 aromatic carbocycles. The molecule has 0 radical (unpaired) electrons. The number of pyridine rings is 1. The monoisotopic (exact) mass is 284 g/mol. The summed E-state index contributed by atoms with van der Waals surface area (Å²) in [6.45, 7) is 0. The first kappa shape index (κ1) is 13.6. The standard InChI is InChI=1S/C17H14F2N2/c18-13-6-5-12(15(19)10-13)9-16(20)17-14-4-2-1-3-11(14)7-8-21-17/h1-8,10,16H,9,20H2. The van der Waals surface area contributed by atoms with Gasteiger partial charge in [-0.2, -0.15) is 0 Å². The average molecular weight is 284 g/mol. The van der Waals surface area contributed by atoms with Crippen LogP contribution in [0.3, 0.4) is 0 Å². The zero-order valence-electron chi connectivity index (χ0n) is 11.3. The van der Waals surface area contributed by atoms with Gasteiger partial charge in [-0.1, -0.05) is 30.3 Å². The zero-order chi connectivity index (χ0) is 14.8. The highest BCUT2D eigenvalue weighted by Gasteiger charge is 2.14. The van der Waals surface area contributed by atoms with Crippen molar-refractivity contribution in [3.63, 3.8) is 0 Å². The van der Waals surface area contributed by atoms with Crippen LogP contribution < -0.4 is 5.73 Å². The molecule has 0 saturated heterocycles. The fourth-order valence-electron chi connectivity index (χ4n) is 2.46. The minimum absolute atomic E-state index is 0.271. The molecule has 0 bridgehead atoms. The summed E-state index contributed by atoms with van der Waals surface area (Å²) in [5.74, 6) is -1.17. The number of rotatable bonds is 3. The smallest absolute Gasteiger partial charge is 0.129 e. The molecule has 106 valence electrons. The number of hydrogen-bond donors (Lipinski definition) is 1. The van der Waals surface area contributed by atoms with Crippen molar-refractivity contribution in [3.05, 3.63) is 77.6 Å². The normalized spacial score (nSPS) is 12.5. The molecule has 1 unspecified atom stereocenters. The van der Waals surface area contributed by atoms with Crippen molar-refractivity contribution in [2.24, 2.45) is 5.73 Å². The van der Waals surface area contributed by atoms with Crippen molar-refractivity contribution in [2.75, 3.05) is 0 Å². The van der Waals surface area contributed by atoms with Crippen molar-refractivity contribution in [1.82, 2.24) is 4.98 Å². The number of aromatic nitrogens is 1. The summed E-state index contributed by atoms with van der Waals surface area (Å²) in [5, 5.41) is 1.99. The lowest BCUT2D eigenvalue weighted by atomic mass is 9.99. The van der Waals surface area contributed by atoms with Crippen molar-refractivity contribution in [1.29, 1.82) is 0 Å². The SMILES string of the molecule is NC(Cc1ccc(F)cc1F)c1nccc2ccccc12. The summed E-state index contributed by atoms with van der Waals surface area (Å²) < 4.78 is 26.7. The number of benzene rings is 2. The highest BCUT2D eigenvalue weighted by atomic mass is 19.1. The predicted molar refractivity (Wildman–Crippen MR) is 78.7 cm³/mol. The molecule has 3 aromatic rings. The molecule has 4 heteroatoms. The summed E-state index contributed by atoms with van der Waals surface area (Å²) in [6, 6.07) is 12.8. The van der Waals surface area contributed by atoms with Crippen molar-refractivity contribution >= 4 is 10.8 Å². The summed E-state index contributed by atoms with van der Waals surface area (Å²) in [6.07, 6.45) is 1.96. The van der Waals surface area contributed by atoms with Crippen molar-refractivity contribution in [3.8, 4) is 0 Å². The van der Waals surface area contributed by atoms with Gasteiger partial charge in [-0.3, -0.25) is 4.98 Å². The van der Waals surface area contributed by atoms with Gasteiger partial charge >= 0.3 is 0 Å². The van der Waals surface area contributed by atoms with Crippen LogP contribution in [0.4, 0.5) is 8.78 Å². The fraction of sp³-hybridized carbons (Fsp3) is 0.118. The van der Waals surface area contributed by atoms with Crippen LogP contribution in [0, 0.1) is 11.6 Å². The zero-order valence-corrected chi connectivity index (χ0v) is 11.3. The molecular formula is C17H14F2N2. The molecule has 0 amide bonds. The van der Waals surface area contributed by atoms with Crippen molar-refractivity contribution in [2.45, 2.75) is 12.5 Å². The van der Waals surface area contributed by atoms with Crippen LogP contribution in [0.5, 0.6) is 0 Å². The number of fused-ring (bicyclic) bond motifs is 1. The summed E-state index contributed by atoms with van der Waals surface area (Å²) in [4.78, 5) is 4.33. The van der Waals surface area contributed by atoms with Gasteiger partial charge in [0.25, 0.3) is 0 Å². The largest absolute Gasteiger partial charge is 0.322 e. The van der Waals surface area contributed by atoms with E-state index in [4.69, 9.17) is 5.73 Å². The average Bonchev–Trinajstić information content (AvgIpc) is 2.49. The Bertz CT molecular complexity index is 781. The lowest BCUT2D eigenvalue weighted by molar-refractivity contribution is 0.562. The summed E-state index contributed by atoms with van der Waals surface area (Å²) in [7, 11) is 0. The molecule has 2 N–H and O–H groups in total. The number of nitrogens with two attached hydrogens (primary N) is 1. The molecule has 1 aromatic heterocycles. The van der Waals surface area contributed by atoms with E-state index in [0.29, 0.717) is 5.56 Å². The molecule has 21 heavy (non-hydrogen) atoms. The van der Waals surface area contributed by atoms with Crippen molar-refractivity contribution < 1.29 is 8.78 Å². The van der Waals surface area contributed by atoms with Gasteiger partial charge in [0.2, 0.25) is 0 Å². The lowest BCUT2D eigenvalue weighted by Crippen LogP contribution is -2.16. The van der Waals surface area contributed by atoms with Gasteiger partial charge in [-0.05, 0) is 29.5 Å². The third kappa shape index (κ3) is 2.76. The van der Waals surface area contributed by atoms with E-state index in [-0.39, 0.29) is 6.42 Å². The highest BCUT2D eigenvalue weighted by molar-refractivity contribution is 5.84. The number of hydrogen-bond acceptors (Lipinski definition) is 2. The Hall–Kier alpha value is -2.33. The molecular weight excluding hydrogens is 270 g/mol. The molecule has 1 atom stereocenters. The molecule has 2 nitrogen and oxygen atoms in total. The quantitative estimate of drug-likeness (QED) is 0.795. The van der Waals surface area contributed by atoms with Crippen LogP contribution in [0.1, 0.15) is 17.3 Å². The minimum atomic E-state index is -0.590. The summed E-state index contributed by atoms with van der Waals surface area (Å²) in [5.41, 5.74) is 7.28. The van der Waals surface area contributed by atoms with E-state index in [1.807, 2.05) is 30.3 Å². The second-order valence-electron chi connectivity index (χ2n) is 4.96. The molecule has 0 aliphatic heterocycles. The Labute approximate surface area is 121 Å². The van der Waals surface area contributed by atoms with Crippen LogP contribution in [-0.2, 0) is 6.42 Å². The molecule has 3 rings (SSSR count). The number of nitrogens with zero attached hydrogens (tertiary/aromatic N) is 1. The van der Waals surface area contributed by atoms with E-state index < -0.39 is 17.7 Å². The maximum atomic E-state index is 13.7. The maximum Gasteiger partial charge on any atom is 0.129 e. The maximum absolute atomic E-state index is 13.7. The Morgan fingerprint density at radius 1 is 1.05 bits per heavy atom. The van der Waals surface area contributed by atoms with Gasteiger partial charge in [0.05, 0.1) is 11.7 Å². The van der Waals surface area contributed by atoms with E-state index in [1.165, 1.54) is 12.1 Å². The first-order valence-electron chi connectivity index (χ1n) is 6.68. The minimum Gasteiger partial charge on any atom is -0.322 e. The van der Waals surface area contributed by atoms with Crippen LogP contribution in [0.15, 0.2) is 54.7 Å². The second kappa shape index (κ2) is 5.58. The van der Waals surface area contributed by atoms with E-state index in [0.717, 1.165) is 22.5 Å². The van der Waals surface area contributed by atoms with Gasteiger partial charge < -0.3 is 5.73 Å².